The molecule has 0 saturated heterocycles. The maximum absolute atomic E-state index is 10.7. The molecule has 0 N–H and O–H groups in total. The summed E-state index contributed by atoms with van der Waals surface area (Å²) in [6, 6.07) is 18.3. The number of benzene rings is 2. The molecule has 3 nitrogen and oxygen atoms in total. The van der Waals surface area contributed by atoms with Crippen molar-refractivity contribution in [2.75, 3.05) is 5.75 Å². The highest BCUT2D eigenvalue weighted by atomic mass is 32.2. The van der Waals surface area contributed by atoms with Gasteiger partial charge in [-0.2, -0.15) is 0 Å². The maximum atomic E-state index is 10.7. The SMILES string of the molecule is O=C([O-])CSc1cn(Cc2ccccc2)c2ccccc12. The van der Waals surface area contributed by atoms with Crippen LogP contribution >= 0.6 is 11.8 Å². The predicted octanol–water partition coefficient (Wildman–Crippen LogP) is 2.53. The van der Waals surface area contributed by atoms with E-state index in [1.165, 1.54) is 17.3 Å². The molecule has 3 aromatic rings. The van der Waals surface area contributed by atoms with Crippen molar-refractivity contribution in [2.24, 2.45) is 0 Å². The molecule has 0 aliphatic rings. The largest absolute Gasteiger partial charge is 0.549 e. The van der Waals surface area contributed by atoms with Crippen LogP contribution in [-0.2, 0) is 11.3 Å². The number of hydrogen-bond donors (Lipinski definition) is 0. The summed E-state index contributed by atoms with van der Waals surface area (Å²) in [6.07, 6.45) is 2.02. The molecule has 1 aromatic heterocycles. The molecule has 0 bridgehead atoms. The number of aromatic nitrogens is 1. The molecule has 0 saturated carbocycles. The maximum Gasteiger partial charge on any atom is 0.0517 e. The van der Waals surface area contributed by atoms with Gasteiger partial charge in [-0.15, -0.1) is 11.8 Å². The van der Waals surface area contributed by atoms with E-state index in [0.29, 0.717) is 0 Å². The summed E-state index contributed by atoms with van der Waals surface area (Å²) in [6.45, 7) is 0.771. The summed E-state index contributed by atoms with van der Waals surface area (Å²) in [5.74, 6) is -1.07. The van der Waals surface area contributed by atoms with E-state index < -0.39 is 5.97 Å². The van der Waals surface area contributed by atoms with Crippen molar-refractivity contribution in [3.8, 4) is 0 Å². The Bertz CT molecular complexity index is 765. The van der Waals surface area contributed by atoms with Crippen LogP contribution in [-0.4, -0.2) is 16.3 Å². The molecule has 2 aromatic carbocycles. The lowest BCUT2D eigenvalue weighted by atomic mass is 10.2. The van der Waals surface area contributed by atoms with Gasteiger partial charge in [-0.05, 0) is 11.6 Å². The minimum Gasteiger partial charge on any atom is -0.549 e. The molecule has 0 aliphatic carbocycles. The van der Waals surface area contributed by atoms with E-state index >= 15 is 0 Å². The molecule has 0 aliphatic heterocycles. The zero-order valence-corrected chi connectivity index (χ0v) is 12.2. The first-order chi connectivity index (χ1) is 10.2. The van der Waals surface area contributed by atoms with Gasteiger partial charge in [-0.3, -0.25) is 0 Å². The first kappa shape index (κ1) is 13.8. The van der Waals surface area contributed by atoms with Crippen molar-refractivity contribution in [2.45, 2.75) is 11.4 Å². The molecular weight excluding hydrogens is 282 g/mol. The Hall–Kier alpha value is -2.20. The number of carbonyl (C=O) groups excluding carboxylic acids is 1. The van der Waals surface area contributed by atoms with Crippen molar-refractivity contribution in [1.29, 1.82) is 0 Å². The van der Waals surface area contributed by atoms with Crippen molar-refractivity contribution in [3.63, 3.8) is 0 Å². The Morgan fingerprint density at radius 1 is 1.05 bits per heavy atom. The fourth-order valence-corrected chi connectivity index (χ4v) is 3.18. The molecule has 3 rings (SSSR count). The van der Waals surface area contributed by atoms with Crippen LogP contribution in [0, 0.1) is 0 Å². The van der Waals surface area contributed by atoms with Gasteiger partial charge >= 0.3 is 0 Å². The lowest BCUT2D eigenvalue weighted by molar-refractivity contribution is -0.301. The minimum absolute atomic E-state index is 0.0284. The average molecular weight is 296 g/mol. The molecule has 0 unspecified atom stereocenters. The predicted molar refractivity (Wildman–Crippen MR) is 83.2 cm³/mol. The standard InChI is InChI=1S/C17H15NO2S/c19-17(20)12-21-16-11-18(10-13-6-2-1-3-7-13)15-9-5-4-8-14(15)16/h1-9,11H,10,12H2,(H,19,20)/p-1. The lowest BCUT2D eigenvalue weighted by Gasteiger charge is -2.05. The highest BCUT2D eigenvalue weighted by Crippen LogP contribution is 2.30. The zero-order chi connectivity index (χ0) is 14.7. The Morgan fingerprint density at radius 2 is 1.76 bits per heavy atom. The number of para-hydroxylation sites is 1. The first-order valence-electron chi connectivity index (χ1n) is 6.68. The number of rotatable bonds is 5. The number of carboxylic acids is 1. The Morgan fingerprint density at radius 3 is 2.52 bits per heavy atom. The smallest absolute Gasteiger partial charge is 0.0517 e. The molecule has 0 fully saturated rings. The van der Waals surface area contributed by atoms with Crippen LogP contribution in [0.25, 0.3) is 10.9 Å². The van der Waals surface area contributed by atoms with E-state index in [0.717, 1.165) is 22.3 Å². The van der Waals surface area contributed by atoms with Gasteiger partial charge in [-0.1, -0.05) is 48.5 Å². The number of fused-ring (bicyclic) bond motifs is 1. The molecule has 106 valence electrons. The van der Waals surface area contributed by atoms with E-state index in [-0.39, 0.29) is 5.75 Å². The van der Waals surface area contributed by atoms with Gasteiger partial charge in [0.25, 0.3) is 0 Å². The fourth-order valence-electron chi connectivity index (χ4n) is 2.38. The van der Waals surface area contributed by atoms with Crippen molar-refractivity contribution < 1.29 is 9.90 Å². The molecule has 4 heteroatoms. The topological polar surface area (TPSA) is 45.1 Å². The number of carboxylic acid groups (broad SMARTS) is 1. The molecule has 0 amide bonds. The monoisotopic (exact) mass is 296 g/mol. The van der Waals surface area contributed by atoms with Gasteiger partial charge in [0.1, 0.15) is 0 Å². The van der Waals surface area contributed by atoms with E-state index in [1.807, 2.05) is 42.6 Å². The fraction of sp³-hybridized carbons (Fsp3) is 0.118. The summed E-state index contributed by atoms with van der Waals surface area (Å²) >= 11 is 1.31. The minimum atomic E-state index is -1.04. The molecule has 0 radical (unpaired) electrons. The van der Waals surface area contributed by atoms with Crippen LogP contribution in [0.2, 0.25) is 0 Å². The van der Waals surface area contributed by atoms with E-state index in [4.69, 9.17) is 0 Å². The average Bonchev–Trinajstić information content (AvgIpc) is 2.85. The normalized spacial score (nSPS) is 10.9. The summed E-state index contributed by atoms with van der Waals surface area (Å²) in [5.41, 5.74) is 2.33. The second kappa shape index (κ2) is 6.06. The second-order valence-electron chi connectivity index (χ2n) is 4.78. The number of carbonyl (C=O) groups is 1. The molecule has 0 spiro atoms. The number of aliphatic carboxylic acids is 1. The Balaban J connectivity index is 1.96. The molecule has 0 atom stereocenters. The molecule has 1 heterocycles. The number of hydrogen-bond acceptors (Lipinski definition) is 3. The van der Waals surface area contributed by atoms with Crippen molar-refractivity contribution in [3.05, 3.63) is 66.4 Å². The number of thioether (sulfide) groups is 1. The van der Waals surface area contributed by atoms with Crippen molar-refractivity contribution >= 4 is 28.6 Å². The third-order valence-electron chi connectivity index (χ3n) is 3.29. The van der Waals surface area contributed by atoms with E-state index in [1.54, 1.807) is 0 Å². The Labute approximate surface area is 127 Å². The van der Waals surface area contributed by atoms with Crippen LogP contribution < -0.4 is 5.11 Å². The van der Waals surface area contributed by atoms with Gasteiger partial charge in [0.2, 0.25) is 0 Å². The lowest BCUT2D eigenvalue weighted by Crippen LogP contribution is -2.24. The van der Waals surface area contributed by atoms with Crippen LogP contribution in [0.1, 0.15) is 5.56 Å². The van der Waals surface area contributed by atoms with E-state index in [9.17, 15) is 9.90 Å². The van der Waals surface area contributed by atoms with Crippen molar-refractivity contribution in [1.82, 2.24) is 4.57 Å². The van der Waals surface area contributed by atoms with Gasteiger partial charge < -0.3 is 14.5 Å². The van der Waals surface area contributed by atoms with Crippen LogP contribution in [0.15, 0.2) is 65.7 Å². The van der Waals surface area contributed by atoms with Gasteiger partial charge in [0, 0.05) is 34.3 Å². The summed E-state index contributed by atoms with van der Waals surface area (Å²) in [7, 11) is 0. The van der Waals surface area contributed by atoms with Gasteiger partial charge in [0.05, 0.1) is 5.97 Å². The quantitative estimate of drug-likeness (QED) is 0.680. The third kappa shape index (κ3) is 3.11. The summed E-state index contributed by atoms with van der Waals surface area (Å²) < 4.78 is 2.16. The van der Waals surface area contributed by atoms with Crippen LogP contribution in [0.5, 0.6) is 0 Å². The molecular formula is C17H14NO2S-. The Kier molecular flexibility index (Phi) is 3.97. The highest BCUT2D eigenvalue weighted by molar-refractivity contribution is 8.00. The molecule has 21 heavy (non-hydrogen) atoms. The van der Waals surface area contributed by atoms with Gasteiger partial charge in [0.15, 0.2) is 0 Å². The van der Waals surface area contributed by atoms with Crippen LogP contribution in [0.4, 0.5) is 0 Å². The van der Waals surface area contributed by atoms with E-state index in [2.05, 4.69) is 22.8 Å². The highest BCUT2D eigenvalue weighted by Gasteiger charge is 2.08. The van der Waals surface area contributed by atoms with Gasteiger partial charge in [-0.25, -0.2) is 0 Å². The number of nitrogens with zero attached hydrogens (tertiary/aromatic N) is 1. The summed E-state index contributed by atoms with van der Waals surface area (Å²) in [4.78, 5) is 11.6. The second-order valence-corrected chi connectivity index (χ2v) is 5.80. The first-order valence-corrected chi connectivity index (χ1v) is 7.67. The third-order valence-corrected chi connectivity index (χ3v) is 4.31. The summed E-state index contributed by atoms with van der Waals surface area (Å²) in [5, 5.41) is 11.8. The zero-order valence-electron chi connectivity index (χ0n) is 11.4. The van der Waals surface area contributed by atoms with Crippen LogP contribution in [0.3, 0.4) is 0 Å².